The Morgan fingerprint density at radius 1 is 1.28 bits per heavy atom. The zero-order valence-electron chi connectivity index (χ0n) is 15.5. The summed E-state index contributed by atoms with van der Waals surface area (Å²) < 4.78 is 4.60. The number of carbonyl (C=O) groups is 1. The molecular weight excluding hydrogens is 398 g/mol. The summed E-state index contributed by atoms with van der Waals surface area (Å²) in [5, 5.41) is 15.7. The lowest BCUT2D eigenvalue weighted by atomic mass is 10.00. The first-order valence-electron chi connectivity index (χ1n) is 8.45. The van der Waals surface area contributed by atoms with Crippen molar-refractivity contribution in [1.82, 2.24) is 5.43 Å². The zero-order chi connectivity index (χ0) is 21.0. The van der Waals surface area contributed by atoms with Crippen LogP contribution in [0.25, 0.3) is 0 Å². The van der Waals surface area contributed by atoms with Gasteiger partial charge in [0.2, 0.25) is 0 Å². The number of nitrogens with one attached hydrogen (secondary N) is 1. The first kappa shape index (κ1) is 20.2. The summed E-state index contributed by atoms with van der Waals surface area (Å²) in [7, 11) is 1.26. The van der Waals surface area contributed by atoms with Gasteiger partial charge in [0.1, 0.15) is 11.5 Å². The van der Waals surface area contributed by atoms with Crippen molar-refractivity contribution >= 4 is 46.2 Å². The average molecular weight is 414 g/mol. The number of hydrazone groups is 1. The maximum absolute atomic E-state index is 11.5. The Hall–Kier alpha value is -3.59. The topological polar surface area (TPSA) is 119 Å². The molecule has 0 amide bonds. The van der Waals surface area contributed by atoms with Crippen LogP contribution in [0.5, 0.6) is 0 Å². The van der Waals surface area contributed by atoms with E-state index in [9.17, 15) is 14.9 Å². The van der Waals surface area contributed by atoms with Crippen LogP contribution in [0.4, 0.5) is 11.4 Å². The van der Waals surface area contributed by atoms with Crippen LogP contribution in [-0.4, -0.2) is 41.8 Å². The molecule has 3 rings (SSSR count). The highest BCUT2D eigenvalue weighted by Gasteiger charge is 2.21. The lowest BCUT2D eigenvalue weighted by Crippen LogP contribution is -2.24. The van der Waals surface area contributed by atoms with Crippen LogP contribution in [-0.2, 0) is 9.53 Å². The molecule has 1 heterocycles. The van der Waals surface area contributed by atoms with E-state index in [1.807, 2.05) is 0 Å². The fourth-order valence-electron chi connectivity index (χ4n) is 2.63. The number of benzene rings is 2. The molecule has 0 atom stereocenters. The van der Waals surface area contributed by atoms with Crippen molar-refractivity contribution in [2.75, 3.05) is 13.7 Å². The Morgan fingerprint density at radius 2 is 2.03 bits per heavy atom. The summed E-state index contributed by atoms with van der Waals surface area (Å²) in [5.74, 6) is -0.228. The summed E-state index contributed by atoms with van der Waals surface area (Å²) in [6, 6.07) is 11.4. The number of non-ortho nitro benzene ring substituents is 1. The van der Waals surface area contributed by atoms with Crippen LogP contribution in [0.1, 0.15) is 18.1 Å². The van der Waals surface area contributed by atoms with Crippen LogP contribution < -0.4 is 5.43 Å². The molecule has 148 valence electrons. The number of ether oxygens (including phenoxy) is 1. The summed E-state index contributed by atoms with van der Waals surface area (Å²) in [6.45, 7) is 1.59. The molecule has 10 heteroatoms. The number of aliphatic imine (C=N–C) groups is 2. The van der Waals surface area contributed by atoms with Gasteiger partial charge < -0.3 is 4.74 Å². The number of amidine groups is 1. The third kappa shape index (κ3) is 4.46. The number of nitrogens with zero attached hydrogens (tertiary/aromatic N) is 4. The standard InChI is InChI=1S/C19H16ClN5O4/c1-11(19(26)29-2)23-24-17-10-21-18(13-5-3-4-6-15(13)20)14-9-12(25(27)28)7-8-16(14)22-17/h3-9H,10H2,1-2H3,(H,22,24)/b23-11-. The van der Waals surface area contributed by atoms with E-state index in [1.165, 1.54) is 32.2 Å². The van der Waals surface area contributed by atoms with Gasteiger partial charge in [0.05, 0.1) is 30.0 Å². The molecule has 9 nitrogen and oxygen atoms in total. The second kappa shape index (κ2) is 8.61. The van der Waals surface area contributed by atoms with E-state index in [0.717, 1.165) is 0 Å². The first-order chi connectivity index (χ1) is 13.9. The molecule has 0 aliphatic carbocycles. The molecular formula is C19H16ClN5O4. The second-order valence-electron chi connectivity index (χ2n) is 5.96. The van der Waals surface area contributed by atoms with E-state index >= 15 is 0 Å². The number of hydrogen-bond donors (Lipinski definition) is 1. The molecule has 0 saturated carbocycles. The third-order valence-corrected chi connectivity index (χ3v) is 4.38. The molecule has 0 unspecified atom stereocenters. The predicted octanol–water partition coefficient (Wildman–Crippen LogP) is 3.27. The Kier molecular flexibility index (Phi) is 5.99. The molecule has 0 radical (unpaired) electrons. The number of halogens is 1. The second-order valence-corrected chi connectivity index (χ2v) is 6.37. The van der Waals surface area contributed by atoms with E-state index in [0.29, 0.717) is 33.4 Å². The van der Waals surface area contributed by atoms with Crippen molar-refractivity contribution in [3.05, 3.63) is 68.7 Å². The van der Waals surface area contributed by atoms with E-state index in [1.54, 1.807) is 24.3 Å². The van der Waals surface area contributed by atoms with Crippen LogP contribution in [0, 0.1) is 10.1 Å². The summed E-state index contributed by atoms with van der Waals surface area (Å²) in [4.78, 5) is 31.3. The van der Waals surface area contributed by atoms with Crippen molar-refractivity contribution in [1.29, 1.82) is 0 Å². The summed E-state index contributed by atoms with van der Waals surface area (Å²) in [6.07, 6.45) is 0. The molecule has 0 spiro atoms. The number of methoxy groups -OCH3 is 1. The van der Waals surface area contributed by atoms with Crippen molar-refractivity contribution in [2.45, 2.75) is 6.92 Å². The van der Waals surface area contributed by atoms with Gasteiger partial charge >= 0.3 is 5.97 Å². The van der Waals surface area contributed by atoms with Crippen molar-refractivity contribution in [2.24, 2.45) is 15.1 Å². The number of carbonyl (C=O) groups excluding carboxylic acids is 1. The molecule has 1 N–H and O–H groups in total. The van der Waals surface area contributed by atoms with Gasteiger partial charge in [0.15, 0.2) is 0 Å². The highest BCUT2D eigenvalue weighted by atomic mass is 35.5. The molecule has 0 fully saturated rings. The number of hydrogen-bond acceptors (Lipinski definition) is 8. The van der Waals surface area contributed by atoms with Crippen LogP contribution in [0.15, 0.2) is 57.6 Å². The van der Waals surface area contributed by atoms with Crippen LogP contribution in [0.2, 0.25) is 5.02 Å². The number of fused-ring (bicyclic) bond motifs is 1. The average Bonchev–Trinajstić information content (AvgIpc) is 2.90. The lowest BCUT2D eigenvalue weighted by Gasteiger charge is -2.09. The Bertz CT molecular complexity index is 1080. The maximum atomic E-state index is 11.5. The highest BCUT2D eigenvalue weighted by Crippen LogP contribution is 2.31. The normalized spacial score (nSPS) is 13.6. The maximum Gasteiger partial charge on any atom is 0.353 e. The van der Waals surface area contributed by atoms with E-state index in [4.69, 9.17) is 11.6 Å². The van der Waals surface area contributed by atoms with E-state index in [2.05, 4.69) is 25.2 Å². The van der Waals surface area contributed by atoms with Crippen molar-refractivity contribution < 1.29 is 14.5 Å². The van der Waals surface area contributed by atoms with Gasteiger partial charge in [0.25, 0.3) is 5.69 Å². The number of nitro benzene ring substituents is 1. The molecule has 29 heavy (non-hydrogen) atoms. The van der Waals surface area contributed by atoms with Crippen molar-refractivity contribution in [3.8, 4) is 0 Å². The zero-order valence-corrected chi connectivity index (χ0v) is 16.3. The molecule has 0 bridgehead atoms. The molecule has 2 aromatic rings. The Balaban J connectivity index is 2.08. The van der Waals surface area contributed by atoms with Gasteiger partial charge in [0, 0.05) is 28.3 Å². The highest BCUT2D eigenvalue weighted by molar-refractivity contribution is 6.36. The van der Waals surface area contributed by atoms with Gasteiger partial charge in [-0.05, 0) is 19.1 Å². The Labute approximate surface area is 170 Å². The van der Waals surface area contributed by atoms with Gasteiger partial charge in [-0.2, -0.15) is 5.10 Å². The minimum atomic E-state index is -0.581. The minimum Gasteiger partial charge on any atom is -0.464 e. The molecule has 2 aromatic carbocycles. The van der Waals surface area contributed by atoms with Crippen LogP contribution in [0.3, 0.4) is 0 Å². The number of rotatable bonds is 4. The molecule has 0 aromatic heterocycles. The third-order valence-electron chi connectivity index (χ3n) is 4.05. The molecule has 1 aliphatic heterocycles. The smallest absolute Gasteiger partial charge is 0.353 e. The van der Waals surface area contributed by atoms with E-state index in [-0.39, 0.29) is 17.9 Å². The van der Waals surface area contributed by atoms with Gasteiger partial charge in [-0.3, -0.25) is 20.5 Å². The fourth-order valence-corrected chi connectivity index (χ4v) is 2.86. The van der Waals surface area contributed by atoms with Crippen molar-refractivity contribution in [3.63, 3.8) is 0 Å². The van der Waals surface area contributed by atoms with E-state index < -0.39 is 10.9 Å². The quantitative estimate of drug-likeness (QED) is 0.357. The first-order valence-corrected chi connectivity index (χ1v) is 8.83. The van der Waals surface area contributed by atoms with Gasteiger partial charge in [-0.1, -0.05) is 29.8 Å². The SMILES string of the molecule is COC(=O)/C(C)=N\NC1=Nc2ccc([N+](=O)[O-])cc2C(c2ccccc2Cl)=NC1. The summed E-state index contributed by atoms with van der Waals surface area (Å²) in [5.41, 5.74) is 4.76. The Morgan fingerprint density at radius 3 is 2.72 bits per heavy atom. The summed E-state index contributed by atoms with van der Waals surface area (Å²) >= 11 is 6.33. The fraction of sp³-hybridized carbons (Fsp3) is 0.158. The largest absolute Gasteiger partial charge is 0.464 e. The molecule has 0 saturated heterocycles. The number of nitro groups is 1. The minimum absolute atomic E-state index is 0.0883. The van der Waals surface area contributed by atoms with Gasteiger partial charge in [-0.25, -0.2) is 9.79 Å². The predicted molar refractivity (Wildman–Crippen MR) is 110 cm³/mol. The van der Waals surface area contributed by atoms with Gasteiger partial charge in [-0.15, -0.1) is 0 Å². The van der Waals surface area contributed by atoms with Crippen LogP contribution >= 0.6 is 11.6 Å². The number of esters is 1. The lowest BCUT2D eigenvalue weighted by molar-refractivity contribution is -0.384. The molecule has 1 aliphatic rings. The monoisotopic (exact) mass is 413 g/mol.